The van der Waals surface area contributed by atoms with Gasteiger partial charge in [-0.25, -0.2) is 4.98 Å². The third-order valence-corrected chi connectivity index (χ3v) is 4.88. The maximum Gasteiger partial charge on any atom is 0.224 e. The molecule has 6 nitrogen and oxygen atoms in total. The van der Waals surface area contributed by atoms with Crippen LogP contribution in [0.5, 0.6) is 0 Å². The highest BCUT2D eigenvalue weighted by atomic mass is 35.5. The molecule has 0 aliphatic carbocycles. The van der Waals surface area contributed by atoms with Gasteiger partial charge in [-0.05, 0) is 37.4 Å². The van der Waals surface area contributed by atoms with Gasteiger partial charge in [-0.3, -0.25) is 9.97 Å². The molecular weight excluding hydrogens is 332 g/mol. The molecule has 0 bridgehead atoms. The maximum absolute atomic E-state index is 6.08. The van der Waals surface area contributed by atoms with E-state index < -0.39 is 0 Å². The number of aryl methyl sites for hydroxylation is 1. The van der Waals surface area contributed by atoms with E-state index in [9.17, 15) is 0 Å². The molecule has 1 unspecified atom stereocenters. The Morgan fingerprint density at radius 3 is 2.87 bits per heavy atom. The Morgan fingerprint density at radius 1 is 1.35 bits per heavy atom. The van der Waals surface area contributed by atoms with E-state index in [1.54, 1.807) is 29.9 Å². The van der Waals surface area contributed by atoms with Crippen molar-refractivity contribution in [3.8, 4) is 0 Å². The predicted octanol–water partition coefficient (Wildman–Crippen LogP) is 2.94. The molecule has 0 aliphatic rings. The van der Waals surface area contributed by atoms with Gasteiger partial charge in [0, 0.05) is 23.3 Å². The summed E-state index contributed by atoms with van der Waals surface area (Å²) in [5.74, 6) is 0.717. The van der Waals surface area contributed by atoms with Crippen molar-refractivity contribution in [1.82, 2.24) is 19.9 Å². The van der Waals surface area contributed by atoms with Crippen LogP contribution in [0.25, 0.3) is 10.2 Å². The number of hydrogen-bond donors (Lipinski definition) is 2. The van der Waals surface area contributed by atoms with Gasteiger partial charge in [-0.1, -0.05) is 0 Å². The molecule has 1 atom stereocenters. The van der Waals surface area contributed by atoms with Crippen LogP contribution in [0.1, 0.15) is 23.1 Å². The molecule has 0 radical (unpaired) electrons. The molecule has 3 aromatic heterocycles. The van der Waals surface area contributed by atoms with Gasteiger partial charge in [0.2, 0.25) is 5.28 Å². The van der Waals surface area contributed by atoms with Gasteiger partial charge in [0.1, 0.15) is 5.82 Å². The number of halogens is 1. The first-order valence-electron chi connectivity index (χ1n) is 7.24. The van der Waals surface area contributed by atoms with Crippen molar-refractivity contribution >= 4 is 39.0 Å². The Balaban J connectivity index is 1.96. The highest BCUT2D eigenvalue weighted by Crippen LogP contribution is 2.35. The number of anilines is 1. The largest absolute Gasteiger partial charge is 0.363 e. The third-order valence-electron chi connectivity index (χ3n) is 3.40. The zero-order chi connectivity index (χ0) is 16.4. The summed E-state index contributed by atoms with van der Waals surface area (Å²) in [4.78, 5) is 18.2. The van der Waals surface area contributed by atoms with Gasteiger partial charge in [0.25, 0.3) is 0 Å². The Hall–Kier alpha value is -1.83. The molecule has 23 heavy (non-hydrogen) atoms. The average molecular weight is 349 g/mol. The molecule has 0 aromatic carbocycles. The summed E-state index contributed by atoms with van der Waals surface area (Å²) >= 11 is 7.74. The van der Waals surface area contributed by atoms with E-state index in [1.807, 2.05) is 13.8 Å². The van der Waals surface area contributed by atoms with Gasteiger partial charge >= 0.3 is 0 Å². The summed E-state index contributed by atoms with van der Waals surface area (Å²) in [5, 5.41) is 3.51. The Bertz CT molecular complexity index is 818. The van der Waals surface area contributed by atoms with Gasteiger partial charge in [-0.2, -0.15) is 4.98 Å². The van der Waals surface area contributed by atoms with E-state index in [0.29, 0.717) is 6.54 Å². The van der Waals surface area contributed by atoms with Crippen LogP contribution in [0.3, 0.4) is 0 Å². The Morgan fingerprint density at radius 2 is 2.17 bits per heavy atom. The smallest absolute Gasteiger partial charge is 0.224 e. The van der Waals surface area contributed by atoms with Crippen LogP contribution in [-0.4, -0.2) is 26.0 Å². The van der Waals surface area contributed by atoms with E-state index in [4.69, 9.17) is 17.3 Å². The molecule has 3 N–H and O–H groups in total. The minimum Gasteiger partial charge on any atom is -0.363 e. The number of nitrogens with zero attached hydrogens (tertiary/aromatic N) is 4. The first kappa shape index (κ1) is 16.0. The lowest BCUT2D eigenvalue weighted by Crippen LogP contribution is -2.17. The van der Waals surface area contributed by atoms with Gasteiger partial charge < -0.3 is 11.1 Å². The summed E-state index contributed by atoms with van der Waals surface area (Å²) in [6.07, 6.45) is 5.84. The fourth-order valence-corrected chi connectivity index (χ4v) is 3.83. The fourth-order valence-electron chi connectivity index (χ4n) is 2.31. The molecule has 3 aromatic rings. The molecule has 0 amide bonds. The molecule has 8 heteroatoms. The van der Waals surface area contributed by atoms with E-state index in [0.717, 1.165) is 33.7 Å². The highest BCUT2D eigenvalue weighted by Gasteiger charge is 2.16. The van der Waals surface area contributed by atoms with Crippen molar-refractivity contribution in [3.05, 3.63) is 40.0 Å². The lowest BCUT2D eigenvalue weighted by Gasteiger charge is -2.06. The molecule has 0 spiro atoms. The van der Waals surface area contributed by atoms with Crippen molar-refractivity contribution in [1.29, 1.82) is 0 Å². The quantitative estimate of drug-likeness (QED) is 0.689. The Kier molecular flexibility index (Phi) is 4.70. The number of fused-ring (bicyclic) bond motifs is 1. The van der Waals surface area contributed by atoms with Crippen LogP contribution in [0.4, 0.5) is 5.82 Å². The number of thiophene rings is 1. The topological polar surface area (TPSA) is 89.6 Å². The van der Waals surface area contributed by atoms with Crippen LogP contribution in [-0.2, 0) is 13.0 Å². The summed E-state index contributed by atoms with van der Waals surface area (Å²) in [7, 11) is 0. The van der Waals surface area contributed by atoms with Crippen LogP contribution in [0.2, 0.25) is 5.28 Å². The minimum atomic E-state index is 0.0983. The summed E-state index contributed by atoms with van der Waals surface area (Å²) in [5.41, 5.74) is 8.77. The van der Waals surface area contributed by atoms with E-state index in [2.05, 4.69) is 25.3 Å². The molecule has 3 rings (SSSR count). The first-order valence-corrected chi connectivity index (χ1v) is 8.44. The number of nitrogens with one attached hydrogen (secondary N) is 1. The zero-order valence-corrected chi connectivity index (χ0v) is 14.4. The van der Waals surface area contributed by atoms with Gasteiger partial charge in [0.15, 0.2) is 0 Å². The van der Waals surface area contributed by atoms with E-state index in [-0.39, 0.29) is 11.3 Å². The minimum absolute atomic E-state index is 0.0983. The van der Waals surface area contributed by atoms with Crippen molar-refractivity contribution in [2.45, 2.75) is 32.9 Å². The van der Waals surface area contributed by atoms with Crippen molar-refractivity contribution in [2.24, 2.45) is 5.73 Å². The molecular formula is C15H17ClN6S. The maximum atomic E-state index is 6.08. The van der Waals surface area contributed by atoms with Gasteiger partial charge in [0.05, 0.1) is 28.7 Å². The van der Waals surface area contributed by atoms with Crippen LogP contribution in [0.15, 0.2) is 18.6 Å². The Labute approximate surface area is 143 Å². The summed E-state index contributed by atoms with van der Waals surface area (Å²) in [6, 6.07) is 0.0983. The lowest BCUT2D eigenvalue weighted by atomic mass is 10.1. The lowest BCUT2D eigenvalue weighted by molar-refractivity contribution is 0.744. The van der Waals surface area contributed by atoms with Crippen LogP contribution >= 0.6 is 22.9 Å². The molecule has 0 saturated carbocycles. The highest BCUT2D eigenvalue weighted by molar-refractivity contribution is 7.19. The first-order chi connectivity index (χ1) is 11.0. The standard InChI is InChI=1S/C15H17ClN6S/c1-8(17)5-11-9(2)12-13(23-11)14(22-15(16)21-12)20-7-10-6-18-3-4-19-10/h3-4,6,8H,5,7,17H2,1-2H3,(H,20,21,22). The van der Waals surface area contributed by atoms with E-state index >= 15 is 0 Å². The van der Waals surface area contributed by atoms with Crippen LogP contribution < -0.4 is 11.1 Å². The molecule has 0 aliphatic heterocycles. The SMILES string of the molecule is Cc1c(CC(C)N)sc2c(NCc3cnccn3)nc(Cl)nc12. The summed E-state index contributed by atoms with van der Waals surface area (Å²) < 4.78 is 0.992. The predicted molar refractivity (Wildman–Crippen MR) is 93.9 cm³/mol. The third kappa shape index (κ3) is 3.57. The average Bonchev–Trinajstić information content (AvgIpc) is 2.82. The second-order valence-corrected chi connectivity index (χ2v) is 6.84. The zero-order valence-electron chi connectivity index (χ0n) is 12.9. The fraction of sp³-hybridized carbons (Fsp3) is 0.333. The molecule has 0 saturated heterocycles. The van der Waals surface area contributed by atoms with Crippen molar-refractivity contribution in [3.63, 3.8) is 0 Å². The number of rotatable bonds is 5. The number of hydrogen-bond acceptors (Lipinski definition) is 7. The van der Waals surface area contributed by atoms with Crippen molar-refractivity contribution in [2.75, 3.05) is 5.32 Å². The second-order valence-electron chi connectivity index (χ2n) is 5.40. The van der Waals surface area contributed by atoms with Crippen molar-refractivity contribution < 1.29 is 0 Å². The van der Waals surface area contributed by atoms with Gasteiger partial charge in [-0.15, -0.1) is 11.3 Å². The van der Waals surface area contributed by atoms with E-state index in [1.165, 1.54) is 4.88 Å². The summed E-state index contributed by atoms with van der Waals surface area (Å²) in [6.45, 7) is 4.57. The molecule has 0 fully saturated rings. The normalized spacial score (nSPS) is 12.5. The molecule has 120 valence electrons. The molecule has 3 heterocycles. The van der Waals surface area contributed by atoms with Crippen LogP contribution in [0, 0.1) is 6.92 Å². The number of aromatic nitrogens is 4. The number of nitrogens with two attached hydrogens (primary N) is 1. The monoisotopic (exact) mass is 348 g/mol. The second kappa shape index (κ2) is 6.74.